The highest BCUT2D eigenvalue weighted by Crippen LogP contribution is 2.18. The van der Waals surface area contributed by atoms with Crippen LogP contribution in [0.2, 0.25) is 0 Å². The lowest BCUT2D eigenvalue weighted by molar-refractivity contribution is 0.0692. The van der Waals surface area contributed by atoms with Crippen molar-refractivity contribution < 1.29 is 23.5 Å². The highest BCUT2D eigenvalue weighted by Gasteiger charge is 2.21. The summed E-state index contributed by atoms with van der Waals surface area (Å²) in [7, 11) is 0. The van der Waals surface area contributed by atoms with Crippen molar-refractivity contribution in [3.8, 4) is 0 Å². The van der Waals surface area contributed by atoms with Gasteiger partial charge in [-0.1, -0.05) is 0 Å². The molecule has 102 valence electrons. The molecule has 0 amide bonds. The van der Waals surface area contributed by atoms with Gasteiger partial charge in [0.25, 0.3) is 0 Å². The van der Waals surface area contributed by atoms with Crippen molar-refractivity contribution in [1.82, 2.24) is 4.98 Å². The van der Waals surface area contributed by atoms with Gasteiger partial charge < -0.3 is 5.11 Å². The molecule has 0 radical (unpaired) electrons. The SMILES string of the molecule is Cc1ccc(C(=O)c2cc(F)ccc2C(=O)O)c(F)n1. The first-order chi connectivity index (χ1) is 9.40. The first kappa shape index (κ1) is 13.8. The Labute approximate surface area is 112 Å². The second-order valence-electron chi connectivity index (χ2n) is 4.12. The van der Waals surface area contributed by atoms with Crippen LogP contribution in [0, 0.1) is 18.7 Å². The average molecular weight is 277 g/mol. The number of halogens is 2. The van der Waals surface area contributed by atoms with E-state index in [1.165, 1.54) is 12.1 Å². The number of benzene rings is 1. The van der Waals surface area contributed by atoms with Crippen LogP contribution in [-0.4, -0.2) is 21.8 Å². The zero-order valence-corrected chi connectivity index (χ0v) is 10.4. The van der Waals surface area contributed by atoms with Gasteiger partial charge in [0.05, 0.1) is 11.1 Å². The number of carbonyl (C=O) groups excluding carboxylic acids is 1. The van der Waals surface area contributed by atoms with Gasteiger partial charge >= 0.3 is 5.97 Å². The predicted molar refractivity (Wildman–Crippen MR) is 65.7 cm³/mol. The molecule has 0 spiro atoms. The van der Waals surface area contributed by atoms with Crippen molar-refractivity contribution in [3.63, 3.8) is 0 Å². The fourth-order valence-electron chi connectivity index (χ4n) is 1.73. The fraction of sp³-hybridized carbons (Fsp3) is 0.0714. The van der Waals surface area contributed by atoms with Gasteiger partial charge in [-0.25, -0.2) is 14.2 Å². The second-order valence-corrected chi connectivity index (χ2v) is 4.12. The van der Waals surface area contributed by atoms with Gasteiger partial charge in [0.15, 0.2) is 5.78 Å². The van der Waals surface area contributed by atoms with Crippen LogP contribution in [0.4, 0.5) is 8.78 Å². The number of carboxylic acid groups (broad SMARTS) is 1. The predicted octanol–water partition coefficient (Wildman–Crippen LogP) is 2.60. The van der Waals surface area contributed by atoms with Gasteiger partial charge in [-0.15, -0.1) is 0 Å². The Morgan fingerprint density at radius 2 is 1.70 bits per heavy atom. The largest absolute Gasteiger partial charge is 0.478 e. The molecule has 1 aromatic heterocycles. The van der Waals surface area contributed by atoms with Crippen LogP contribution in [0.15, 0.2) is 30.3 Å². The maximum absolute atomic E-state index is 13.6. The molecule has 1 heterocycles. The van der Waals surface area contributed by atoms with Gasteiger partial charge in [0, 0.05) is 11.3 Å². The minimum Gasteiger partial charge on any atom is -0.478 e. The first-order valence-electron chi connectivity index (χ1n) is 5.61. The quantitative estimate of drug-likeness (QED) is 0.691. The molecule has 0 aliphatic carbocycles. The van der Waals surface area contributed by atoms with Crippen LogP contribution in [-0.2, 0) is 0 Å². The van der Waals surface area contributed by atoms with Crippen molar-refractivity contribution in [3.05, 3.63) is 64.5 Å². The maximum Gasteiger partial charge on any atom is 0.336 e. The molecular formula is C14H9F2NO3. The average Bonchev–Trinajstić information content (AvgIpc) is 2.37. The Morgan fingerprint density at radius 1 is 1.05 bits per heavy atom. The number of pyridine rings is 1. The Balaban J connectivity index is 2.58. The number of carbonyl (C=O) groups is 2. The fourth-order valence-corrected chi connectivity index (χ4v) is 1.73. The summed E-state index contributed by atoms with van der Waals surface area (Å²) in [6.07, 6.45) is 0. The highest BCUT2D eigenvalue weighted by atomic mass is 19.1. The molecule has 6 heteroatoms. The molecule has 20 heavy (non-hydrogen) atoms. The molecule has 2 aromatic rings. The topological polar surface area (TPSA) is 67.3 Å². The number of hydrogen-bond donors (Lipinski definition) is 1. The lowest BCUT2D eigenvalue weighted by atomic mass is 9.99. The molecule has 0 fully saturated rings. The first-order valence-corrected chi connectivity index (χ1v) is 5.61. The summed E-state index contributed by atoms with van der Waals surface area (Å²) in [5, 5.41) is 8.98. The van der Waals surface area contributed by atoms with Crippen molar-refractivity contribution in [2.24, 2.45) is 0 Å². The lowest BCUT2D eigenvalue weighted by Gasteiger charge is -2.06. The monoisotopic (exact) mass is 277 g/mol. The molecular weight excluding hydrogens is 268 g/mol. The van der Waals surface area contributed by atoms with E-state index in [1.807, 2.05) is 0 Å². The summed E-state index contributed by atoms with van der Waals surface area (Å²) in [4.78, 5) is 26.7. The normalized spacial score (nSPS) is 10.3. The third-order valence-corrected chi connectivity index (χ3v) is 2.69. The lowest BCUT2D eigenvalue weighted by Crippen LogP contribution is -2.12. The van der Waals surface area contributed by atoms with Crippen molar-refractivity contribution in [2.75, 3.05) is 0 Å². The van der Waals surface area contributed by atoms with Crippen molar-refractivity contribution >= 4 is 11.8 Å². The van der Waals surface area contributed by atoms with E-state index in [2.05, 4.69) is 4.98 Å². The molecule has 1 aromatic carbocycles. The number of nitrogens with zero attached hydrogens (tertiary/aromatic N) is 1. The molecule has 4 nitrogen and oxygen atoms in total. The third kappa shape index (κ3) is 2.54. The number of rotatable bonds is 3. The molecule has 0 bridgehead atoms. The van der Waals surface area contributed by atoms with E-state index < -0.39 is 40.2 Å². The van der Waals surface area contributed by atoms with Crippen LogP contribution in [0.3, 0.4) is 0 Å². The van der Waals surface area contributed by atoms with Crippen LogP contribution >= 0.6 is 0 Å². The van der Waals surface area contributed by atoms with Crippen molar-refractivity contribution in [1.29, 1.82) is 0 Å². The van der Waals surface area contributed by atoms with E-state index in [9.17, 15) is 18.4 Å². The Hall–Kier alpha value is -2.63. The third-order valence-electron chi connectivity index (χ3n) is 2.69. The number of aryl methyl sites for hydroxylation is 1. The molecule has 2 rings (SSSR count). The van der Waals surface area contributed by atoms with E-state index >= 15 is 0 Å². The molecule has 1 N–H and O–H groups in total. The summed E-state index contributed by atoms with van der Waals surface area (Å²) in [5.74, 6) is -4.12. The van der Waals surface area contributed by atoms with Crippen LogP contribution in [0.5, 0.6) is 0 Å². The van der Waals surface area contributed by atoms with E-state index in [-0.39, 0.29) is 0 Å². The van der Waals surface area contributed by atoms with Gasteiger partial charge in [0.1, 0.15) is 5.82 Å². The molecule has 0 unspecified atom stereocenters. The van der Waals surface area contributed by atoms with Gasteiger partial charge in [-0.05, 0) is 37.3 Å². The van der Waals surface area contributed by atoms with Gasteiger partial charge in [-0.3, -0.25) is 4.79 Å². The van der Waals surface area contributed by atoms with Crippen molar-refractivity contribution in [2.45, 2.75) is 6.92 Å². The Kier molecular flexibility index (Phi) is 3.56. The number of aromatic carboxylic acids is 1. The van der Waals surface area contributed by atoms with Gasteiger partial charge in [-0.2, -0.15) is 4.39 Å². The van der Waals surface area contributed by atoms with Crippen LogP contribution < -0.4 is 0 Å². The summed E-state index contributed by atoms with van der Waals surface area (Å²) in [5.41, 5.74) is -0.834. The summed E-state index contributed by atoms with van der Waals surface area (Å²) in [6.45, 7) is 1.54. The maximum atomic E-state index is 13.6. The molecule has 0 aliphatic heterocycles. The number of hydrogen-bond acceptors (Lipinski definition) is 3. The zero-order valence-electron chi connectivity index (χ0n) is 10.4. The van der Waals surface area contributed by atoms with E-state index in [1.54, 1.807) is 6.92 Å². The Bertz CT molecular complexity index is 714. The highest BCUT2D eigenvalue weighted by molar-refractivity contribution is 6.14. The second kappa shape index (κ2) is 5.16. The van der Waals surface area contributed by atoms with Crippen LogP contribution in [0.25, 0.3) is 0 Å². The summed E-state index contributed by atoms with van der Waals surface area (Å²) < 4.78 is 26.8. The molecule has 0 saturated heterocycles. The summed E-state index contributed by atoms with van der Waals surface area (Å²) >= 11 is 0. The molecule has 0 atom stereocenters. The number of ketones is 1. The van der Waals surface area contributed by atoms with E-state index in [0.29, 0.717) is 5.69 Å². The van der Waals surface area contributed by atoms with E-state index in [0.717, 1.165) is 18.2 Å². The minimum absolute atomic E-state index is 0.372. The molecule has 0 saturated carbocycles. The number of aromatic nitrogens is 1. The summed E-state index contributed by atoms with van der Waals surface area (Å²) in [6, 6.07) is 5.26. The van der Waals surface area contributed by atoms with E-state index in [4.69, 9.17) is 5.11 Å². The van der Waals surface area contributed by atoms with Gasteiger partial charge in [0.2, 0.25) is 5.95 Å². The standard InChI is InChI=1S/C14H9F2NO3/c1-7-2-4-10(13(16)17-7)12(18)11-6-8(15)3-5-9(11)14(19)20/h2-6H,1H3,(H,19,20). The smallest absolute Gasteiger partial charge is 0.336 e. The number of carboxylic acids is 1. The zero-order chi connectivity index (χ0) is 14.9. The Morgan fingerprint density at radius 3 is 2.30 bits per heavy atom. The van der Waals surface area contributed by atoms with Crippen LogP contribution in [0.1, 0.15) is 32.0 Å². The molecule has 0 aliphatic rings. The minimum atomic E-state index is -1.39.